The molecule has 0 aromatic heterocycles. The standard InChI is InChI=1S/C20H33NO2/c1-4-13-5-6-17-16-12-14-11-15(21(22)23)7-9-20(14,3)18(16)8-10-19(13,17)2/h13-18H,4-12H2,1-3H3. The van der Waals surface area contributed by atoms with E-state index < -0.39 is 0 Å². The molecule has 0 aliphatic heterocycles. The van der Waals surface area contributed by atoms with E-state index in [1.54, 1.807) is 0 Å². The van der Waals surface area contributed by atoms with Gasteiger partial charge in [0.2, 0.25) is 6.04 Å². The van der Waals surface area contributed by atoms with Gasteiger partial charge in [0.15, 0.2) is 0 Å². The summed E-state index contributed by atoms with van der Waals surface area (Å²) in [6.45, 7) is 7.45. The highest BCUT2D eigenvalue weighted by molar-refractivity contribution is 5.11. The van der Waals surface area contributed by atoms with Gasteiger partial charge in [-0.25, -0.2) is 0 Å². The molecule has 23 heavy (non-hydrogen) atoms. The number of nitro groups is 1. The molecule has 4 aliphatic carbocycles. The first-order chi connectivity index (χ1) is 10.9. The highest BCUT2D eigenvalue weighted by Gasteiger charge is 2.62. The van der Waals surface area contributed by atoms with Gasteiger partial charge in [-0.05, 0) is 78.9 Å². The predicted octanol–water partition coefficient (Wildman–Crippen LogP) is 5.31. The number of hydrogen-bond acceptors (Lipinski definition) is 2. The fourth-order valence-corrected chi connectivity index (χ4v) is 7.99. The van der Waals surface area contributed by atoms with Crippen LogP contribution < -0.4 is 0 Å². The lowest BCUT2D eigenvalue weighted by Gasteiger charge is -2.50. The van der Waals surface area contributed by atoms with Gasteiger partial charge in [0.1, 0.15) is 0 Å². The van der Waals surface area contributed by atoms with Crippen LogP contribution in [0.5, 0.6) is 0 Å². The summed E-state index contributed by atoms with van der Waals surface area (Å²) in [6, 6.07) is -0.258. The van der Waals surface area contributed by atoms with Crippen LogP contribution in [0.2, 0.25) is 0 Å². The molecule has 0 spiro atoms. The topological polar surface area (TPSA) is 43.1 Å². The Morgan fingerprint density at radius 1 is 1.00 bits per heavy atom. The van der Waals surface area contributed by atoms with Crippen molar-refractivity contribution in [2.45, 2.75) is 84.6 Å². The third kappa shape index (κ3) is 2.07. The highest BCUT2D eigenvalue weighted by Crippen LogP contribution is 2.69. The van der Waals surface area contributed by atoms with E-state index in [1.807, 2.05) is 0 Å². The molecule has 0 N–H and O–H groups in total. The second-order valence-electron chi connectivity index (χ2n) is 9.76. The Morgan fingerprint density at radius 3 is 2.39 bits per heavy atom. The first-order valence-electron chi connectivity index (χ1n) is 10.0. The number of fused-ring (bicyclic) bond motifs is 5. The van der Waals surface area contributed by atoms with Crippen LogP contribution in [0.25, 0.3) is 0 Å². The van der Waals surface area contributed by atoms with Crippen LogP contribution >= 0.6 is 0 Å². The van der Waals surface area contributed by atoms with Crippen molar-refractivity contribution in [3.63, 3.8) is 0 Å². The second kappa shape index (κ2) is 5.20. The minimum Gasteiger partial charge on any atom is -0.264 e. The van der Waals surface area contributed by atoms with E-state index in [-0.39, 0.29) is 11.0 Å². The molecule has 4 aliphatic rings. The lowest BCUT2D eigenvalue weighted by molar-refractivity contribution is -0.529. The molecule has 3 heteroatoms. The summed E-state index contributed by atoms with van der Waals surface area (Å²) in [7, 11) is 0. The van der Waals surface area contributed by atoms with Crippen molar-refractivity contribution in [2.24, 2.45) is 40.4 Å². The van der Waals surface area contributed by atoms with Gasteiger partial charge in [0.05, 0.1) is 0 Å². The summed E-state index contributed by atoms with van der Waals surface area (Å²) >= 11 is 0. The summed E-state index contributed by atoms with van der Waals surface area (Å²) in [5.74, 6) is 4.17. The van der Waals surface area contributed by atoms with Gasteiger partial charge in [-0.15, -0.1) is 0 Å². The Balaban J connectivity index is 1.60. The number of rotatable bonds is 2. The Labute approximate surface area is 140 Å². The lowest BCUT2D eigenvalue weighted by atomic mass is 9.54. The zero-order valence-electron chi connectivity index (χ0n) is 15.1. The zero-order valence-corrected chi connectivity index (χ0v) is 15.1. The van der Waals surface area contributed by atoms with E-state index in [0.717, 1.165) is 42.9 Å². The molecule has 0 aromatic rings. The average Bonchev–Trinajstić information content (AvgIpc) is 3.00. The van der Waals surface area contributed by atoms with Gasteiger partial charge in [0, 0.05) is 17.8 Å². The molecule has 0 radical (unpaired) electrons. The third-order valence-electron chi connectivity index (χ3n) is 9.33. The van der Waals surface area contributed by atoms with E-state index in [0.29, 0.717) is 16.7 Å². The lowest BCUT2D eigenvalue weighted by Crippen LogP contribution is -2.44. The summed E-state index contributed by atoms with van der Waals surface area (Å²) < 4.78 is 0. The molecule has 4 fully saturated rings. The van der Waals surface area contributed by atoms with Crippen LogP contribution in [0.3, 0.4) is 0 Å². The van der Waals surface area contributed by atoms with Crippen LogP contribution in [-0.4, -0.2) is 11.0 Å². The van der Waals surface area contributed by atoms with Gasteiger partial charge < -0.3 is 0 Å². The predicted molar refractivity (Wildman–Crippen MR) is 91.7 cm³/mol. The Bertz CT molecular complexity index is 506. The van der Waals surface area contributed by atoms with Crippen molar-refractivity contribution in [3.05, 3.63) is 10.1 Å². The van der Waals surface area contributed by atoms with Crippen molar-refractivity contribution < 1.29 is 4.92 Å². The van der Waals surface area contributed by atoms with Crippen molar-refractivity contribution in [1.82, 2.24) is 0 Å². The highest BCUT2D eigenvalue weighted by atomic mass is 16.6. The van der Waals surface area contributed by atoms with Crippen LogP contribution in [0.15, 0.2) is 0 Å². The maximum Gasteiger partial charge on any atom is 0.213 e. The van der Waals surface area contributed by atoms with E-state index >= 15 is 0 Å². The molecule has 130 valence electrons. The monoisotopic (exact) mass is 319 g/mol. The maximum absolute atomic E-state index is 11.3. The van der Waals surface area contributed by atoms with Gasteiger partial charge in [0.25, 0.3) is 0 Å². The molecule has 0 heterocycles. The Kier molecular flexibility index (Phi) is 3.59. The number of nitrogens with zero attached hydrogens (tertiary/aromatic N) is 1. The normalized spacial score (nSPS) is 55.1. The van der Waals surface area contributed by atoms with Gasteiger partial charge in [-0.3, -0.25) is 10.1 Å². The van der Waals surface area contributed by atoms with Gasteiger partial charge in [-0.2, -0.15) is 0 Å². The molecular weight excluding hydrogens is 286 g/mol. The Morgan fingerprint density at radius 2 is 1.70 bits per heavy atom. The van der Waals surface area contributed by atoms with Gasteiger partial charge in [-0.1, -0.05) is 27.2 Å². The van der Waals surface area contributed by atoms with Crippen LogP contribution in [-0.2, 0) is 0 Å². The third-order valence-corrected chi connectivity index (χ3v) is 9.33. The van der Waals surface area contributed by atoms with Crippen molar-refractivity contribution >= 4 is 0 Å². The summed E-state index contributed by atoms with van der Waals surface area (Å²) in [6.07, 6.45) is 11.1. The minimum absolute atomic E-state index is 0.00829. The zero-order chi connectivity index (χ0) is 16.4. The van der Waals surface area contributed by atoms with Crippen LogP contribution in [0.1, 0.15) is 78.6 Å². The summed E-state index contributed by atoms with van der Waals surface area (Å²) in [5, 5.41) is 11.3. The number of hydrogen-bond donors (Lipinski definition) is 0. The molecule has 0 aromatic carbocycles. The van der Waals surface area contributed by atoms with Crippen molar-refractivity contribution in [1.29, 1.82) is 0 Å². The van der Waals surface area contributed by atoms with E-state index in [1.165, 1.54) is 38.5 Å². The minimum atomic E-state index is -0.258. The van der Waals surface area contributed by atoms with E-state index in [2.05, 4.69) is 20.8 Å². The second-order valence-corrected chi connectivity index (χ2v) is 9.76. The molecule has 8 unspecified atom stereocenters. The Hall–Kier alpha value is -0.600. The van der Waals surface area contributed by atoms with Crippen LogP contribution in [0.4, 0.5) is 0 Å². The quantitative estimate of drug-likeness (QED) is 0.511. The van der Waals surface area contributed by atoms with Crippen LogP contribution in [0, 0.1) is 50.5 Å². The summed E-state index contributed by atoms with van der Waals surface area (Å²) in [4.78, 5) is 11.3. The molecule has 4 rings (SSSR count). The summed E-state index contributed by atoms with van der Waals surface area (Å²) in [5.41, 5.74) is 0.977. The molecule has 0 amide bonds. The fourth-order valence-electron chi connectivity index (χ4n) is 7.99. The molecule has 3 nitrogen and oxygen atoms in total. The smallest absolute Gasteiger partial charge is 0.213 e. The van der Waals surface area contributed by atoms with Gasteiger partial charge >= 0.3 is 0 Å². The average molecular weight is 319 g/mol. The molecular formula is C20H33NO2. The first kappa shape index (κ1) is 15.9. The SMILES string of the molecule is CCC1CCC2C3CC4CC([N+](=O)[O-])CCC4(C)C3CCC12C. The van der Waals surface area contributed by atoms with E-state index in [4.69, 9.17) is 0 Å². The first-order valence-corrected chi connectivity index (χ1v) is 10.0. The largest absolute Gasteiger partial charge is 0.264 e. The molecule has 0 saturated heterocycles. The van der Waals surface area contributed by atoms with Crippen molar-refractivity contribution in [2.75, 3.05) is 0 Å². The van der Waals surface area contributed by atoms with E-state index in [9.17, 15) is 10.1 Å². The van der Waals surface area contributed by atoms with Crippen molar-refractivity contribution in [3.8, 4) is 0 Å². The molecule has 8 atom stereocenters. The molecule has 0 bridgehead atoms. The molecule has 4 saturated carbocycles. The fraction of sp³-hybridized carbons (Fsp3) is 1.00. The maximum atomic E-state index is 11.3.